The number of hydrogen-bond donors (Lipinski definition) is 2. The van der Waals surface area contributed by atoms with Gasteiger partial charge < -0.3 is 31.5 Å². The number of carboxylic acid groups (broad SMARTS) is 1. The Balaban J connectivity index is 0.00000903. The summed E-state index contributed by atoms with van der Waals surface area (Å²) in [7, 11) is -3.14. The van der Waals surface area contributed by atoms with Gasteiger partial charge in [0.1, 0.15) is 12.6 Å². The molecule has 1 aliphatic carbocycles. The summed E-state index contributed by atoms with van der Waals surface area (Å²) in [5.41, 5.74) is 18.4. The number of carbonyl (C=O) groups is 3. The molecule has 3 atom stereocenters. The fourth-order valence-electron chi connectivity index (χ4n) is 11.6. The van der Waals surface area contributed by atoms with Crippen LogP contribution in [0, 0.1) is 18.8 Å². The van der Waals surface area contributed by atoms with E-state index in [0.717, 1.165) is 76.2 Å². The Bertz CT molecular complexity index is 3470. The Morgan fingerprint density at radius 1 is 0.899 bits per heavy atom. The van der Waals surface area contributed by atoms with Crippen LogP contribution in [-0.4, -0.2) is 78.2 Å². The van der Waals surface area contributed by atoms with E-state index >= 15 is 0 Å². The number of aliphatic carboxylic acids is 1. The number of ether oxygens (including phenoxy) is 1. The Hall–Kier alpha value is -5.97. The van der Waals surface area contributed by atoms with Crippen molar-refractivity contribution in [2.24, 2.45) is 17.0 Å². The van der Waals surface area contributed by atoms with Gasteiger partial charge in [0, 0.05) is 73.6 Å². The standard InChI is InChI=1S/C62H70N6O8S2.Na/c1-8-9-35-67-51-31-23-41-17-10-12-21-48(41)55(51)61(3,4)53(67)33-25-43-19-16-20-44(26-34-54-62(5,6)56-49-22-13-11-18-42(49)24-32-52(56)68(54)36-14-15-37-78(73,74)75)57(43)77-47-29-27-46(28-30-47)64-58(69)50(65-66-63)39-45(59(70)71)38-40(2)60(72)76-7;/h10-13,17-18,21-34,40,45,50H,1,8-9,14-16,19-20,35-39H2,2-7H3,(H,64,69)(H,70,71)(H,73,74,75);/q;+1/p-1. The molecule has 14 nitrogen and oxygen atoms in total. The fourth-order valence-corrected chi connectivity index (χ4v) is 13.3. The maximum atomic E-state index is 13.6. The van der Waals surface area contributed by atoms with Gasteiger partial charge in [-0.1, -0.05) is 111 Å². The third kappa shape index (κ3) is 13.6. The summed E-state index contributed by atoms with van der Waals surface area (Å²) in [5, 5.41) is 21.2. The third-order valence-electron chi connectivity index (χ3n) is 15.5. The number of nitrogens with one attached hydrogen (secondary N) is 1. The summed E-state index contributed by atoms with van der Waals surface area (Å²) < 4.78 is 42.0. The van der Waals surface area contributed by atoms with E-state index in [9.17, 15) is 38.0 Å². The van der Waals surface area contributed by atoms with Gasteiger partial charge in [0.25, 0.3) is 0 Å². The van der Waals surface area contributed by atoms with Crippen LogP contribution in [0.4, 0.5) is 17.1 Å². The molecule has 2 heterocycles. The molecule has 0 saturated carbocycles. The predicted octanol–water partition coefficient (Wildman–Crippen LogP) is 10.6. The van der Waals surface area contributed by atoms with Gasteiger partial charge in [-0.05, 0) is 139 Å². The first kappa shape index (κ1) is 60.7. The minimum atomic E-state index is -4.36. The van der Waals surface area contributed by atoms with Gasteiger partial charge in [0.15, 0.2) is 5.71 Å². The zero-order valence-electron chi connectivity index (χ0n) is 46.3. The normalized spacial score (nSPS) is 17.8. The van der Waals surface area contributed by atoms with Crippen LogP contribution in [-0.2, 0) is 40.1 Å². The number of rotatable bonds is 22. The van der Waals surface area contributed by atoms with Crippen LogP contribution in [0.1, 0.15) is 104 Å². The fraction of sp³-hybridized carbons (Fsp3) is 0.371. The van der Waals surface area contributed by atoms with Crippen LogP contribution in [0.3, 0.4) is 0 Å². The van der Waals surface area contributed by atoms with Crippen molar-refractivity contribution in [3.8, 4) is 0 Å². The summed E-state index contributed by atoms with van der Waals surface area (Å²) in [6.07, 6.45) is 13.7. The van der Waals surface area contributed by atoms with Gasteiger partial charge in [-0.3, -0.25) is 14.4 Å². The molecule has 2 aliphatic heterocycles. The molecule has 0 fully saturated rings. The van der Waals surface area contributed by atoms with Crippen molar-refractivity contribution in [3.63, 3.8) is 0 Å². The van der Waals surface area contributed by atoms with E-state index in [2.05, 4.69) is 150 Å². The zero-order chi connectivity index (χ0) is 55.9. The summed E-state index contributed by atoms with van der Waals surface area (Å²) in [6.45, 7) is 16.2. The molecule has 0 aromatic heterocycles. The Morgan fingerprint density at radius 3 is 2.22 bits per heavy atom. The Kier molecular flexibility index (Phi) is 20.0. The van der Waals surface area contributed by atoms with E-state index in [-0.39, 0.29) is 54.2 Å². The molecule has 3 unspecified atom stereocenters. The molecule has 0 spiro atoms. The van der Waals surface area contributed by atoms with Gasteiger partial charge in [-0.15, -0.1) is 0 Å². The first-order chi connectivity index (χ1) is 37.3. The van der Waals surface area contributed by atoms with Crippen LogP contribution >= 0.6 is 11.8 Å². The molecule has 17 heteroatoms. The third-order valence-corrected chi connectivity index (χ3v) is 17.5. The maximum Gasteiger partial charge on any atom is 1.00 e. The van der Waals surface area contributed by atoms with E-state index in [0.29, 0.717) is 18.7 Å². The van der Waals surface area contributed by atoms with Gasteiger partial charge in [-0.2, -0.15) is 11.0 Å². The first-order valence-corrected chi connectivity index (χ1v) is 29.1. The minimum Gasteiger partial charge on any atom is -0.748 e. The molecule has 0 radical (unpaired) electrons. The van der Waals surface area contributed by atoms with E-state index < -0.39 is 57.0 Å². The van der Waals surface area contributed by atoms with Crippen molar-refractivity contribution in [3.05, 3.63) is 172 Å². The number of allylic oxidation sites excluding steroid dienone is 7. The molecule has 5 aromatic rings. The maximum absolute atomic E-state index is 13.6. The Morgan fingerprint density at radius 2 is 1.57 bits per heavy atom. The van der Waals surface area contributed by atoms with Gasteiger partial charge in [0.05, 0.1) is 34.5 Å². The summed E-state index contributed by atoms with van der Waals surface area (Å²) in [5.74, 6) is -4.79. The van der Waals surface area contributed by atoms with Crippen molar-refractivity contribution in [2.45, 2.75) is 114 Å². The van der Waals surface area contributed by atoms with Crippen molar-refractivity contribution < 1.29 is 71.3 Å². The number of azide groups is 1. The number of methoxy groups -OCH3 is 1. The summed E-state index contributed by atoms with van der Waals surface area (Å²) in [6, 6.07) is 31.7. The minimum absolute atomic E-state index is 0. The topological polar surface area (TPSA) is 205 Å². The second-order valence-corrected chi connectivity index (χ2v) is 24.1. The monoisotopic (exact) mass is 1110 g/mol. The Labute approximate surface area is 490 Å². The van der Waals surface area contributed by atoms with E-state index in [1.807, 2.05) is 18.2 Å². The number of nitrogens with zero attached hydrogens (tertiary/aromatic N) is 5. The van der Waals surface area contributed by atoms with Crippen LogP contribution in [0.15, 0.2) is 153 Å². The van der Waals surface area contributed by atoms with Crippen molar-refractivity contribution >= 4 is 84.0 Å². The number of carbonyl (C=O) groups excluding carboxylic acids is 2. The quantitative estimate of drug-likeness (QED) is 0.00772. The number of fused-ring (bicyclic) bond motifs is 6. The van der Waals surface area contributed by atoms with Crippen molar-refractivity contribution in [2.75, 3.05) is 36.2 Å². The van der Waals surface area contributed by atoms with Crippen molar-refractivity contribution in [1.82, 2.24) is 0 Å². The molecule has 0 saturated heterocycles. The zero-order valence-corrected chi connectivity index (χ0v) is 50.0. The molecule has 3 aliphatic rings. The second kappa shape index (κ2) is 26.1. The number of benzene rings is 5. The smallest absolute Gasteiger partial charge is 0.748 e. The van der Waals surface area contributed by atoms with Crippen LogP contribution in [0.5, 0.6) is 0 Å². The molecule has 79 heavy (non-hydrogen) atoms. The van der Waals surface area contributed by atoms with E-state index in [1.165, 1.54) is 46.0 Å². The number of thioether (sulfide) groups is 1. The van der Waals surface area contributed by atoms with Crippen LogP contribution < -0.4 is 39.8 Å². The largest absolute Gasteiger partial charge is 1.00 e. The van der Waals surface area contributed by atoms with Crippen molar-refractivity contribution in [1.29, 1.82) is 0 Å². The molecular formula is C62H69N6NaO8S2. The molecular weight excluding hydrogens is 1040 g/mol. The first-order valence-electron chi connectivity index (χ1n) is 26.7. The number of unbranched alkanes of at least 4 members (excludes halogenated alkanes) is 2. The van der Waals surface area contributed by atoms with E-state index in [1.54, 1.807) is 30.8 Å². The van der Waals surface area contributed by atoms with Gasteiger partial charge in [-0.25, -0.2) is 8.42 Å². The predicted molar refractivity (Wildman–Crippen MR) is 311 cm³/mol. The molecule has 5 aromatic carbocycles. The average molecular weight is 1110 g/mol. The SMILES string of the molecule is [CH2-]CCCN1/C(=C/C=C2\CCCC(/C=C/C3=[N+](CCCCS(=O)(=O)[O-])c4ccc5ccccc5c4C3(C)C)=C2Sc2ccc(NC(=O)C(CC(CC(C)C(=O)OC)C(=O)O)N=[N+]=[N-])cc2)C(C)(C)c2c1ccc1ccccc21.[Na+]. The van der Waals surface area contributed by atoms with Gasteiger partial charge >= 0.3 is 41.5 Å². The van der Waals surface area contributed by atoms with Gasteiger partial charge in [0.2, 0.25) is 11.6 Å². The number of carboxylic acids is 1. The molecule has 408 valence electrons. The summed E-state index contributed by atoms with van der Waals surface area (Å²) >= 11 is 1.64. The number of anilines is 2. The second-order valence-electron chi connectivity index (χ2n) is 21.5. The molecule has 0 bridgehead atoms. The summed E-state index contributed by atoms with van der Waals surface area (Å²) in [4.78, 5) is 45.3. The molecule has 1 amide bonds. The van der Waals surface area contributed by atoms with Crippen LogP contribution in [0.25, 0.3) is 32.0 Å². The van der Waals surface area contributed by atoms with E-state index in [4.69, 9.17) is 4.74 Å². The molecule has 8 rings (SSSR count). The number of esters is 1. The molecule has 2 N–H and O–H groups in total. The average Bonchev–Trinajstić information content (AvgIpc) is 3.93. The van der Waals surface area contributed by atoms with Crippen LogP contribution in [0.2, 0.25) is 0 Å². The number of hydrogen-bond acceptors (Lipinski definition) is 10. The number of amides is 1.